The highest BCUT2D eigenvalue weighted by Crippen LogP contribution is 2.29. The van der Waals surface area contributed by atoms with Crippen LogP contribution in [0.5, 0.6) is 11.5 Å². The van der Waals surface area contributed by atoms with Gasteiger partial charge in [-0.3, -0.25) is 14.4 Å². The third kappa shape index (κ3) is 6.67. The van der Waals surface area contributed by atoms with Gasteiger partial charge in [0.05, 0.1) is 18.4 Å². The van der Waals surface area contributed by atoms with Crippen molar-refractivity contribution in [1.82, 2.24) is 5.43 Å². The number of carbonyl (C=O) groups excluding carboxylic acids is 4. The van der Waals surface area contributed by atoms with E-state index in [2.05, 4.69) is 15.8 Å². The molecule has 0 radical (unpaired) electrons. The van der Waals surface area contributed by atoms with E-state index in [4.69, 9.17) is 26.8 Å². The van der Waals surface area contributed by atoms with Gasteiger partial charge in [-0.2, -0.15) is 5.10 Å². The summed E-state index contributed by atoms with van der Waals surface area (Å²) in [5.74, 6) is -2.73. The van der Waals surface area contributed by atoms with E-state index in [1.807, 2.05) is 0 Å². The monoisotopic (exact) mass is 508 g/mol. The molecule has 10 nitrogen and oxygen atoms in total. The zero-order valence-electron chi connectivity index (χ0n) is 19.2. The molecule has 0 atom stereocenters. The second kappa shape index (κ2) is 11.6. The largest absolute Gasteiger partial charge is 0.493 e. The average Bonchev–Trinajstić information content (AvgIpc) is 2.87. The fourth-order valence-electron chi connectivity index (χ4n) is 2.88. The number of esters is 1. The molecule has 0 aliphatic heterocycles. The number of primary amides is 1. The van der Waals surface area contributed by atoms with Gasteiger partial charge in [0.2, 0.25) is 5.91 Å². The number of anilines is 1. The number of hydrogen-bond acceptors (Lipinski definition) is 7. The highest BCUT2D eigenvalue weighted by molar-refractivity contribution is 6.39. The minimum atomic E-state index is -1.01. The van der Waals surface area contributed by atoms with Crippen LogP contribution in [0.3, 0.4) is 0 Å². The lowest BCUT2D eigenvalue weighted by molar-refractivity contribution is -0.136. The molecule has 3 aromatic carbocycles. The molecule has 184 valence electrons. The summed E-state index contributed by atoms with van der Waals surface area (Å²) >= 11 is 5.84. The van der Waals surface area contributed by atoms with Crippen LogP contribution in [0.15, 0.2) is 71.8 Å². The van der Waals surface area contributed by atoms with E-state index in [1.165, 1.54) is 49.6 Å². The number of amides is 3. The zero-order valence-corrected chi connectivity index (χ0v) is 20.0. The van der Waals surface area contributed by atoms with Crippen LogP contribution in [0, 0.1) is 0 Å². The van der Waals surface area contributed by atoms with Gasteiger partial charge in [0.25, 0.3) is 0 Å². The van der Waals surface area contributed by atoms with Crippen LogP contribution in [0.2, 0.25) is 5.02 Å². The molecule has 11 heteroatoms. The van der Waals surface area contributed by atoms with E-state index in [9.17, 15) is 19.2 Å². The number of ether oxygens (including phenoxy) is 2. The first-order valence-electron chi connectivity index (χ1n) is 10.4. The molecule has 0 heterocycles. The van der Waals surface area contributed by atoms with Crippen LogP contribution in [-0.4, -0.2) is 36.5 Å². The first kappa shape index (κ1) is 25.9. The molecule has 0 aliphatic carbocycles. The highest BCUT2D eigenvalue weighted by atomic mass is 35.5. The summed E-state index contributed by atoms with van der Waals surface area (Å²) in [7, 11) is 1.41. The molecule has 3 amide bonds. The summed E-state index contributed by atoms with van der Waals surface area (Å²) in [6.45, 7) is 1.61. The van der Waals surface area contributed by atoms with Gasteiger partial charge in [0.1, 0.15) is 0 Å². The van der Waals surface area contributed by atoms with Crippen molar-refractivity contribution in [3.63, 3.8) is 0 Å². The van der Waals surface area contributed by atoms with Crippen LogP contribution in [0.25, 0.3) is 0 Å². The maximum Gasteiger partial charge on any atom is 0.343 e. The average molecular weight is 509 g/mol. The molecule has 0 saturated heterocycles. The highest BCUT2D eigenvalue weighted by Gasteiger charge is 2.16. The Balaban J connectivity index is 1.64. The third-order valence-electron chi connectivity index (χ3n) is 4.82. The molecule has 0 bridgehead atoms. The number of halogens is 1. The molecule has 0 aromatic heterocycles. The predicted molar refractivity (Wildman–Crippen MR) is 133 cm³/mol. The van der Waals surface area contributed by atoms with Crippen molar-refractivity contribution in [2.45, 2.75) is 6.92 Å². The number of nitrogens with two attached hydrogens (primary N) is 1. The van der Waals surface area contributed by atoms with Crippen molar-refractivity contribution in [2.24, 2.45) is 10.8 Å². The van der Waals surface area contributed by atoms with Gasteiger partial charge in [0, 0.05) is 21.8 Å². The van der Waals surface area contributed by atoms with Crippen LogP contribution in [-0.2, 0) is 9.59 Å². The Morgan fingerprint density at radius 2 is 1.44 bits per heavy atom. The van der Waals surface area contributed by atoms with Crippen LogP contribution < -0.4 is 25.9 Å². The van der Waals surface area contributed by atoms with E-state index in [1.54, 1.807) is 31.2 Å². The van der Waals surface area contributed by atoms with Crippen LogP contribution in [0.1, 0.15) is 33.2 Å². The van der Waals surface area contributed by atoms with E-state index in [-0.39, 0.29) is 17.1 Å². The summed E-state index contributed by atoms with van der Waals surface area (Å²) in [5.41, 5.74) is 9.11. The first-order valence-corrected chi connectivity index (χ1v) is 10.8. The zero-order chi connectivity index (χ0) is 26.2. The van der Waals surface area contributed by atoms with Gasteiger partial charge >= 0.3 is 17.8 Å². The van der Waals surface area contributed by atoms with Gasteiger partial charge in [-0.25, -0.2) is 10.2 Å². The van der Waals surface area contributed by atoms with Crippen molar-refractivity contribution in [3.8, 4) is 11.5 Å². The van der Waals surface area contributed by atoms with E-state index < -0.39 is 23.7 Å². The molecule has 0 aliphatic rings. The molecule has 0 unspecified atom stereocenters. The number of nitrogens with one attached hydrogen (secondary N) is 2. The predicted octanol–water partition coefficient (Wildman–Crippen LogP) is 3.15. The Morgan fingerprint density at radius 3 is 2.06 bits per heavy atom. The SMILES string of the molecule is COc1cc(/C(C)=N/NC(=O)C(=O)Nc2ccc(C(N)=O)cc2)ccc1OC(=O)c1ccc(Cl)cc1. The molecule has 4 N–H and O–H groups in total. The van der Waals surface area contributed by atoms with E-state index in [0.29, 0.717) is 27.5 Å². The Morgan fingerprint density at radius 1 is 0.833 bits per heavy atom. The summed E-state index contributed by atoms with van der Waals surface area (Å²) in [6, 6.07) is 16.6. The van der Waals surface area contributed by atoms with E-state index >= 15 is 0 Å². The summed E-state index contributed by atoms with van der Waals surface area (Å²) in [6.07, 6.45) is 0. The number of methoxy groups -OCH3 is 1. The maximum atomic E-state index is 12.4. The molecular weight excluding hydrogens is 488 g/mol. The molecule has 0 saturated carbocycles. The lowest BCUT2D eigenvalue weighted by Crippen LogP contribution is -2.33. The standard InChI is InChI=1S/C25H21ClN4O6/c1-14(29-30-24(33)23(32)28-19-10-5-15(6-11-19)22(27)31)17-7-12-20(21(13-17)35-2)36-25(34)16-3-8-18(26)9-4-16/h3-13H,1-2H3,(H2,27,31)(H,28,32)(H,30,33)/b29-14+. The van der Waals surface area contributed by atoms with Crippen molar-refractivity contribution in [2.75, 3.05) is 12.4 Å². The number of nitrogens with zero attached hydrogens (tertiary/aromatic N) is 1. The molecule has 0 fully saturated rings. The Hall–Kier alpha value is -4.70. The molecule has 0 spiro atoms. The smallest absolute Gasteiger partial charge is 0.343 e. The van der Waals surface area contributed by atoms with Gasteiger partial charge in [-0.15, -0.1) is 0 Å². The van der Waals surface area contributed by atoms with Gasteiger partial charge in [-0.05, 0) is 73.7 Å². The number of hydrogen-bond donors (Lipinski definition) is 3. The van der Waals surface area contributed by atoms with Gasteiger partial charge < -0.3 is 20.5 Å². The minimum Gasteiger partial charge on any atom is -0.493 e. The quantitative estimate of drug-likeness (QED) is 0.147. The molecule has 3 aromatic rings. The maximum absolute atomic E-state index is 12.4. The van der Waals surface area contributed by atoms with Crippen LogP contribution in [0.4, 0.5) is 5.69 Å². The van der Waals surface area contributed by atoms with Crippen molar-refractivity contribution in [3.05, 3.63) is 88.4 Å². The van der Waals surface area contributed by atoms with Crippen molar-refractivity contribution < 1.29 is 28.7 Å². The lowest BCUT2D eigenvalue weighted by Gasteiger charge is -2.11. The molecule has 36 heavy (non-hydrogen) atoms. The summed E-state index contributed by atoms with van der Waals surface area (Å²) in [5, 5.41) is 6.81. The Bertz CT molecular complexity index is 1340. The van der Waals surface area contributed by atoms with E-state index in [0.717, 1.165) is 0 Å². The lowest BCUT2D eigenvalue weighted by atomic mass is 10.1. The van der Waals surface area contributed by atoms with Gasteiger partial charge in [-0.1, -0.05) is 11.6 Å². The normalized spacial score (nSPS) is 10.8. The topological polar surface area (TPSA) is 149 Å². The Labute approximate surface area is 211 Å². The first-order chi connectivity index (χ1) is 17.2. The second-order valence-electron chi connectivity index (χ2n) is 7.30. The summed E-state index contributed by atoms with van der Waals surface area (Å²) < 4.78 is 10.7. The van der Waals surface area contributed by atoms with Crippen molar-refractivity contribution in [1.29, 1.82) is 0 Å². The fraction of sp³-hybridized carbons (Fsp3) is 0.0800. The number of rotatable bonds is 7. The summed E-state index contributed by atoms with van der Waals surface area (Å²) in [4.78, 5) is 47.7. The second-order valence-corrected chi connectivity index (χ2v) is 7.73. The number of benzene rings is 3. The minimum absolute atomic E-state index is 0.180. The molecular formula is C25H21ClN4O6. The van der Waals surface area contributed by atoms with Crippen LogP contribution >= 0.6 is 11.6 Å². The fourth-order valence-corrected chi connectivity index (χ4v) is 3.00. The number of carbonyl (C=O) groups is 4. The number of hydrazone groups is 1. The third-order valence-corrected chi connectivity index (χ3v) is 5.07. The van der Waals surface area contributed by atoms with Gasteiger partial charge in [0.15, 0.2) is 11.5 Å². The Kier molecular flexibility index (Phi) is 8.37. The molecule has 3 rings (SSSR count). The van der Waals surface area contributed by atoms with Crippen molar-refractivity contribution >= 4 is 46.7 Å².